The minimum Gasteiger partial charge on any atom is -0.352 e. The van der Waals surface area contributed by atoms with Crippen molar-refractivity contribution < 1.29 is 4.79 Å². The SMILES string of the molecule is CCNC(=O)c1cccc(-c2nc(CCl)cs2)c1. The molecule has 5 heteroatoms. The Hall–Kier alpha value is -1.39. The number of hydrogen-bond acceptors (Lipinski definition) is 3. The van der Waals surface area contributed by atoms with Crippen LogP contribution in [-0.4, -0.2) is 17.4 Å². The predicted octanol–water partition coefficient (Wildman–Crippen LogP) is 3.30. The number of halogens is 1. The van der Waals surface area contributed by atoms with Gasteiger partial charge in [0.1, 0.15) is 5.01 Å². The minimum atomic E-state index is -0.0616. The number of benzene rings is 1. The highest BCUT2D eigenvalue weighted by Gasteiger charge is 2.08. The second-order valence-electron chi connectivity index (χ2n) is 3.72. The van der Waals surface area contributed by atoms with E-state index in [0.717, 1.165) is 16.3 Å². The molecule has 18 heavy (non-hydrogen) atoms. The predicted molar refractivity (Wildman–Crippen MR) is 75.1 cm³/mol. The number of carbonyl (C=O) groups excluding carboxylic acids is 1. The molecule has 3 nitrogen and oxygen atoms in total. The molecule has 0 saturated carbocycles. The van der Waals surface area contributed by atoms with E-state index in [1.54, 1.807) is 6.07 Å². The van der Waals surface area contributed by atoms with Crippen molar-refractivity contribution in [1.82, 2.24) is 10.3 Å². The largest absolute Gasteiger partial charge is 0.352 e. The summed E-state index contributed by atoms with van der Waals surface area (Å²) in [6, 6.07) is 7.45. The van der Waals surface area contributed by atoms with Crippen LogP contribution in [0.15, 0.2) is 29.6 Å². The average Bonchev–Trinajstić information content (AvgIpc) is 2.88. The summed E-state index contributed by atoms with van der Waals surface area (Å²) in [5, 5.41) is 5.60. The first-order chi connectivity index (χ1) is 8.74. The molecule has 0 aliphatic heterocycles. The maximum atomic E-state index is 11.7. The van der Waals surface area contributed by atoms with E-state index in [0.29, 0.717) is 18.0 Å². The molecule has 1 N–H and O–H groups in total. The van der Waals surface area contributed by atoms with Gasteiger partial charge in [-0.1, -0.05) is 12.1 Å². The van der Waals surface area contributed by atoms with Crippen LogP contribution < -0.4 is 5.32 Å². The van der Waals surface area contributed by atoms with E-state index in [-0.39, 0.29) is 5.91 Å². The lowest BCUT2D eigenvalue weighted by Gasteiger charge is -2.03. The van der Waals surface area contributed by atoms with Gasteiger partial charge in [0.2, 0.25) is 0 Å². The van der Waals surface area contributed by atoms with Crippen molar-refractivity contribution in [3.63, 3.8) is 0 Å². The molecule has 0 atom stereocenters. The third kappa shape index (κ3) is 2.89. The number of hydrogen-bond donors (Lipinski definition) is 1. The van der Waals surface area contributed by atoms with E-state index in [9.17, 15) is 4.79 Å². The van der Waals surface area contributed by atoms with Gasteiger partial charge >= 0.3 is 0 Å². The summed E-state index contributed by atoms with van der Waals surface area (Å²) >= 11 is 7.26. The standard InChI is InChI=1S/C13H13ClN2OS/c1-2-15-12(17)9-4-3-5-10(6-9)13-16-11(7-14)8-18-13/h3-6,8H,2,7H2,1H3,(H,15,17). The van der Waals surface area contributed by atoms with Gasteiger partial charge in [-0.3, -0.25) is 4.79 Å². The molecule has 94 valence electrons. The second-order valence-corrected chi connectivity index (χ2v) is 4.84. The van der Waals surface area contributed by atoms with Gasteiger partial charge in [-0.25, -0.2) is 4.98 Å². The molecule has 0 aliphatic rings. The molecular weight excluding hydrogens is 268 g/mol. The summed E-state index contributed by atoms with van der Waals surface area (Å²) in [5.74, 6) is 0.348. The molecule has 0 saturated heterocycles. The van der Waals surface area contributed by atoms with Crippen LogP contribution >= 0.6 is 22.9 Å². The molecular formula is C13H13ClN2OS. The average molecular weight is 281 g/mol. The number of aromatic nitrogens is 1. The van der Waals surface area contributed by atoms with Gasteiger partial charge in [-0.2, -0.15) is 0 Å². The van der Waals surface area contributed by atoms with Gasteiger partial charge in [0.25, 0.3) is 5.91 Å². The summed E-state index contributed by atoms with van der Waals surface area (Å²) in [7, 11) is 0. The summed E-state index contributed by atoms with van der Waals surface area (Å²) < 4.78 is 0. The van der Waals surface area contributed by atoms with Crippen molar-refractivity contribution in [2.75, 3.05) is 6.54 Å². The quantitative estimate of drug-likeness (QED) is 0.873. The highest BCUT2D eigenvalue weighted by Crippen LogP contribution is 2.25. The van der Waals surface area contributed by atoms with Gasteiger partial charge in [0, 0.05) is 23.1 Å². The Balaban J connectivity index is 2.29. The Morgan fingerprint density at radius 2 is 2.33 bits per heavy atom. The summed E-state index contributed by atoms with van der Waals surface area (Å²) in [4.78, 5) is 16.1. The molecule has 0 aliphatic carbocycles. The fourth-order valence-electron chi connectivity index (χ4n) is 1.56. The first-order valence-corrected chi connectivity index (χ1v) is 7.05. The minimum absolute atomic E-state index is 0.0616. The Labute approximate surface area is 115 Å². The molecule has 0 spiro atoms. The molecule has 0 unspecified atom stereocenters. The zero-order chi connectivity index (χ0) is 13.0. The molecule has 2 rings (SSSR count). The Kier molecular flexibility index (Phi) is 4.33. The Bertz CT molecular complexity index is 553. The van der Waals surface area contributed by atoms with Crippen molar-refractivity contribution in [2.24, 2.45) is 0 Å². The number of amides is 1. The molecule has 0 radical (unpaired) electrons. The van der Waals surface area contributed by atoms with E-state index in [2.05, 4.69) is 10.3 Å². The van der Waals surface area contributed by atoms with Gasteiger partial charge in [0.15, 0.2) is 0 Å². The van der Waals surface area contributed by atoms with Crippen LogP contribution in [0, 0.1) is 0 Å². The molecule has 1 heterocycles. The molecule has 1 aromatic heterocycles. The monoisotopic (exact) mass is 280 g/mol. The lowest BCUT2D eigenvalue weighted by atomic mass is 10.1. The van der Waals surface area contributed by atoms with Crippen LogP contribution in [-0.2, 0) is 5.88 Å². The first kappa shape index (κ1) is 13.1. The smallest absolute Gasteiger partial charge is 0.251 e. The third-order valence-corrected chi connectivity index (χ3v) is 3.61. The molecule has 1 aromatic carbocycles. The van der Waals surface area contributed by atoms with Crippen LogP contribution in [0.5, 0.6) is 0 Å². The van der Waals surface area contributed by atoms with Crippen molar-refractivity contribution in [2.45, 2.75) is 12.8 Å². The Morgan fingerprint density at radius 1 is 1.50 bits per heavy atom. The van der Waals surface area contributed by atoms with Crippen molar-refractivity contribution in [3.05, 3.63) is 40.9 Å². The second kappa shape index (κ2) is 5.98. The number of thiazole rings is 1. The fraction of sp³-hybridized carbons (Fsp3) is 0.231. The van der Waals surface area contributed by atoms with E-state index in [1.165, 1.54) is 11.3 Å². The maximum Gasteiger partial charge on any atom is 0.251 e. The van der Waals surface area contributed by atoms with Crippen LogP contribution in [0.1, 0.15) is 23.0 Å². The zero-order valence-electron chi connectivity index (χ0n) is 9.94. The molecule has 2 aromatic rings. The fourth-order valence-corrected chi connectivity index (χ4v) is 2.60. The van der Waals surface area contributed by atoms with Gasteiger partial charge < -0.3 is 5.32 Å². The molecule has 1 amide bonds. The lowest BCUT2D eigenvalue weighted by molar-refractivity contribution is 0.0956. The molecule has 0 bridgehead atoms. The molecule has 0 fully saturated rings. The number of rotatable bonds is 4. The van der Waals surface area contributed by atoms with Crippen LogP contribution in [0.4, 0.5) is 0 Å². The normalized spacial score (nSPS) is 10.3. The number of nitrogens with zero attached hydrogens (tertiary/aromatic N) is 1. The summed E-state index contributed by atoms with van der Waals surface area (Å²) in [6.07, 6.45) is 0. The number of alkyl halides is 1. The van der Waals surface area contributed by atoms with Gasteiger partial charge in [-0.15, -0.1) is 22.9 Å². The van der Waals surface area contributed by atoms with E-state index in [4.69, 9.17) is 11.6 Å². The van der Waals surface area contributed by atoms with Crippen molar-refractivity contribution in [3.8, 4) is 10.6 Å². The zero-order valence-corrected chi connectivity index (χ0v) is 11.5. The van der Waals surface area contributed by atoms with Crippen LogP contribution in [0.3, 0.4) is 0 Å². The van der Waals surface area contributed by atoms with Crippen LogP contribution in [0.2, 0.25) is 0 Å². The summed E-state index contributed by atoms with van der Waals surface area (Å²) in [5.41, 5.74) is 2.46. The van der Waals surface area contributed by atoms with Gasteiger partial charge in [-0.05, 0) is 19.1 Å². The summed E-state index contributed by atoms with van der Waals surface area (Å²) in [6.45, 7) is 2.52. The van der Waals surface area contributed by atoms with Crippen LogP contribution in [0.25, 0.3) is 10.6 Å². The highest BCUT2D eigenvalue weighted by molar-refractivity contribution is 7.13. The highest BCUT2D eigenvalue weighted by atomic mass is 35.5. The third-order valence-electron chi connectivity index (χ3n) is 2.40. The van der Waals surface area contributed by atoms with Crippen molar-refractivity contribution in [1.29, 1.82) is 0 Å². The van der Waals surface area contributed by atoms with Gasteiger partial charge in [0.05, 0.1) is 11.6 Å². The maximum absolute atomic E-state index is 11.7. The van der Waals surface area contributed by atoms with Crippen molar-refractivity contribution >= 4 is 28.8 Å². The van der Waals surface area contributed by atoms with E-state index >= 15 is 0 Å². The number of carbonyl (C=O) groups is 1. The topological polar surface area (TPSA) is 42.0 Å². The lowest BCUT2D eigenvalue weighted by Crippen LogP contribution is -2.22. The first-order valence-electron chi connectivity index (χ1n) is 5.63. The van der Waals surface area contributed by atoms with E-state index < -0.39 is 0 Å². The Morgan fingerprint density at radius 3 is 3.00 bits per heavy atom. The van der Waals surface area contributed by atoms with E-state index in [1.807, 2.05) is 30.5 Å². The number of nitrogens with one attached hydrogen (secondary N) is 1.